The summed E-state index contributed by atoms with van der Waals surface area (Å²) >= 11 is 0. The molecule has 90 valence electrons. The SMILES string of the molecule is CC(C)c1ccccc1NCCS(C)(=O)=O. The Labute approximate surface area is 97.8 Å². The van der Waals surface area contributed by atoms with Crippen LogP contribution in [0.4, 0.5) is 5.69 Å². The van der Waals surface area contributed by atoms with E-state index in [4.69, 9.17) is 0 Å². The summed E-state index contributed by atoms with van der Waals surface area (Å²) in [6.45, 7) is 4.71. The summed E-state index contributed by atoms with van der Waals surface area (Å²) in [7, 11) is -2.89. The van der Waals surface area contributed by atoms with Crippen molar-refractivity contribution in [2.45, 2.75) is 19.8 Å². The van der Waals surface area contributed by atoms with Gasteiger partial charge in [-0.3, -0.25) is 0 Å². The first kappa shape index (κ1) is 13.0. The van der Waals surface area contributed by atoms with Crippen molar-refractivity contribution in [3.8, 4) is 0 Å². The molecule has 1 rings (SSSR count). The zero-order valence-electron chi connectivity index (χ0n) is 10.0. The van der Waals surface area contributed by atoms with Crippen molar-refractivity contribution in [2.75, 3.05) is 23.9 Å². The third-order valence-electron chi connectivity index (χ3n) is 2.37. The lowest BCUT2D eigenvalue weighted by Gasteiger charge is -2.14. The molecule has 3 nitrogen and oxygen atoms in total. The molecule has 1 N–H and O–H groups in total. The summed E-state index contributed by atoms with van der Waals surface area (Å²) in [4.78, 5) is 0. The number of nitrogens with one attached hydrogen (secondary N) is 1. The Hall–Kier alpha value is -1.03. The molecular formula is C12H19NO2S. The number of para-hydroxylation sites is 1. The van der Waals surface area contributed by atoms with Gasteiger partial charge in [0.2, 0.25) is 0 Å². The molecule has 0 atom stereocenters. The second-order valence-electron chi connectivity index (χ2n) is 4.30. The molecule has 16 heavy (non-hydrogen) atoms. The highest BCUT2D eigenvalue weighted by molar-refractivity contribution is 7.90. The Morgan fingerprint density at radius 2 is 1.88 bits per heavy atom. The summed E-state index contributed by atoms with van der Waals surface area (Å²) in [6.07, 6.45) is 1.25. The van der Waals surface area contributed by atoms with Crippen molar-refractivity contribution in [2.24, 2.45) is 0 Å². The van der Waals surface area contributed by atoms with Gasteiger partial charge in [-0.2, -0.15) is 0 Å². The number of benzene rings is 1. The van der Waals surface area contributed by atoms with Crippen LogP contribution in [0.3, 0.4) is 0 Å². The summed E-state index contributed by atoms with van der Waals surface area (Å²) in [5.41, 5.74) is 2.25. The van der Waals surface area contributed by atoms with E-state index in [0.29, 0.717) is 12.5 Å². The molecule has 0 aliphatic rings. The fraction of sp³-hybridized carbons (Fsp3) is 0.500. The molecule has 0 heterocycles. The van der Waals surface area contributed by atoms with Crippen LogP contribution >= 0.6 is 0 Å². The number of sulfone groups is 1. The van der Waals surface area contributed by atoms with E-state index in [1.807, 2.05) is 18.2 Å². The minimum absolute atomic E-state index is 0.166. The third-order valence-corrected chi connectivity index (χ3v) is 3.32. The molecule has 0 saturated heterocycles. The number of anilines is 1. The zero-order chi connectivity index (χ0) is 12.2. The summed E-state index contributed by atoms with van der Waals surface area (Å²) in [5, 5.41) is 3.17. The minimum atomic E-state index is -2.89. The first-order valence-electron chi connectivity index (χ1n) is 5.40. The third kappa shape index (κ3) is 4.23. The van der Waals surface area contributed by atoms with Crippen LogP contribution in [0.1, 0.15) is 25.3 Å². The quantitative estimate of drug-likeness (QED) is 0.860. The summed E-state index contributed by atoms with van der Waals surface area (Å²) < 4.78 is 22.0. The maximum atomic E-state index is 11.0. The second kappa shape index (κ2) is 5.34. The second-order valence-corrected chi connectivity index (χ2v) is 6.56. The molecule has 0 spiro atoms. The smallest absolute Gasteiger partial charge is 0.149 e. The Morgan fingerprint density at radius 3 is 2.44 bits per heavy atom. The van der Waals surface area contributed by atoms with Gasteiger partial charge in [-0.1, -0.05) is 32.0 Å². The first-order valence-corrected chi connectivity index (χ1v) is 7.47. The maximum absolute atomic E-state index is 11.0. The highest BCUT2D eigenvalue weighted by atomic mass is 32.2. The van der Waals surface area contributed by atoms with Crippen LogP contribution in [0.5, 0.6) is 0 Å². The number of rotatable bonds is 5. The van der Waals surface area contributed by atoms with E-state index >= 15 is 0 Å². The molecule has 0 bridgehead atoms. The van der Waals surface area contributed by atoms with E-state index < -0.39 is 9.84 Å². The van der Waals surface area contributed by atoms with Crippen molar-refractivity contribution in [1.29, 1.82) is 0 Å². The lowest BCUT2D eigenvalue weighted by molar-refractivity contribution is 0.602. The average Bonchev–Trinajstić information content (AvgIpc) is 2.16. The van der Waals surface area contributed by atoms with Gasteiger partial charge in [-0.05, 0) is 17.5 Å². The van der Waals surface area contributed by atoms with E-state index in [1.165, 1.54) is 11.8 Å². The van der Waals surface area contributed by atoms with Gasteiger partial charge in [0.15, 0.2) is 0 Å². The molecule has 0 aliphatic carbocycles. The summed E-state index contributed by atoms with van der Waals surface area (Å²) in [5.74, 6) is 0.598. The van der Waals surface area contributed by atoms with Crippen molar-refractivity contribution >= 4 is 15.5 Å². The van der Waals surface area contributed by atoms with Gasteiger partial charge in [0.05, 0.1) is 5.75 Å². The molecule has 0 fully saturated rings. The molecule has 0 saturated carbocycles. The van der Waals surface area contributed by atoms with Gasteiger partial charge in [0.25, 0.3) is 0 Å². The van der Waals surface area contributed by atoms with E-state index in [9.17, 15) is 8.42 Å². The van der Waals surface area contributed by atoms with Crippen molar-refractivity contribution in [3.63, 3.8) is 0 Å². The van der Waals surface area contributed by atoms with Crippen LogP contribution in [0, 0.1) is 0 Å². The highest BCUT2D eigenvalue weighted by Crippen LogP contribution is 2.23. The molecule has 4 heteroatoms. The standard InChI is InChI=1S/C12H19NO2S/c1-10(2)11-6-4-5-7-12(11)13-8-9-16(3,14)15/h4-7,10,13H,8-9H2,1-3H3. The topological polar surface area (TPSA) is 46.2 Å². The van der Waals surface area contributed by atoms with Crippen LogP contribution in [-0.2, 0) is 9.84 Å². The molecule has 0 unspecified atom stereocenters. The molecule has 0 radical (unpaired) electrons. The fourth-order valence-electron chi connectivity index (χ4n) is 1.53. The Balaban J connectivity index is 2.67. The van der Waals surface area contributed by atoms with Crippen molar-refractivity contribution in [1.82, 2.24) is 0 Å². The van der Waals surface area contributed by atoms with E-state index in [1.54, 1.807) is 0 Å². The molecule has 0 aromatic heterocycles. The highest BCUT2D eigenvalue weighted by Gasteiger charge is 2.06. The number of hydrogen-bond acceptors (Lipinski definition) is 3. The lowest BCUT2D eigenvalue weighted by Crippen LogP contribution is -2.15. The monoisotopic (exact) mass is 241 g/mol. The van der Waals surface area contributed by atoms with Crippen molar-refractivity contribution in [3.05, 3.63) is 29.8 Å². The Kier molecular flexibility index (Phi) is 4.35. The number of hydrogen-bond donors (Lipinski definition) is 1. The van der Waals surface area contributed by atoms with Gasteiger partial charge < -0.3 is 5.32 Å². The van der Waals surface area contributed by atoms with E-state index in [-0.39, 0.29) is 5.75 Å². The lowest BCUT2D eigenvalue weighted by atomic mass is 10.0. The van der Waals surface area contributed by atoms with Crippen LogP contribution in [-0.4, -0.2) is 27.0 Å². The van der Waals surface area contributed by atoms with Gasteiger partial charge in [-0.15, -0.1) is 0 Å². The molecule has 1 aromatic rings. The molecular weight excluding hydrogens is 222 g/mol. The largest absolute Gasteiger partial charge is 0.384 e. The van der Waals surface area contributed by atoms with Gasteiger partial charge >= 0.3 is 0 Å². The van der Waals surface area contributed by atoms with Crippen LogP contribution in [0.15, 0.2) is 24.3 Å². The average molecular weight is 241 g/mol. The van der Waals surface area contributed by atoms with Gasteiger partial charge in [0.1, 0.15) is 9.84 Å². The Morgan fingerprint density at radius 1 is 1.25 bits per heavy atom. The predicted molar refractivity (Wildman–Crippen MR) is 68.7 cm³/mol. The van der Waals surface area contributed by atoms with Crippen LogP contribution in [0.2, 0.25) is 0 Å². The molecule has 0 aliphatic heterocycles. The van der Waals surface area contributed by atoms with E-state index in [2.05, 4.69) is 25.2 Å². The molecule has 1 aromatic carbocycles. The molecule has 0 amide bonds. The fourth-order valence-corrected chi connectivity index (χ4v) is 2.01. The van der Waals surface area contributed by atoms with Crippen LogP contribution in [0.25, 0.3) is 0 Å². The van der Waals surface area contributed by atoms with Gasteiger partial charge in [0, 0.05) is 18.5 Å². The normalized spacial score (nSPS) is 11.8. The summed E-state index contributed by atoms with van der Waals surface area (Å²) in [6, 6.07) is 8.00. The van der Waals surface area contributed by atoms with Gasteiger partial charge in [-0.25, -0.2) is 8.42 Å². The van der Waals surface area contributed by atoms with Crippen molar-refractivity contribution < 1.29 is 8.42 Å². The minimum Gasteiger partial charge on any atom is -0.384 e. The zero-order valence-corrected chi connectivity index (χ0v) is 10.8. The Bertz CT molecular complexity index is 438. The van der Waals surface area contributed by atoms with E-state index in [0.717, 1.165) is 5.69 Å². The van der Waals surface area contributed by atoms with Crippen LogP contribution < -0.4 is 5.32 Å². The first-order chi connectivity index (χ1) is 7.40. The predicted octanol–water partition coefficient (Wildman–Crippen LogP) is 2.27. The maximum Gasteiger partial charge on any atom is 0.149 e.